The second-order valence-electron chi connectivity index (χ2n) is 5.33. The molecule has 0 spiro atoms. The van der Waals surface area contributed by atoms with Crippen LogP contribution in [0.15, 0.2) is 30.5 Å². The largest absolute Gasteiger partial charge is 0.469 e. The van der Waals surface area contributed by atoms with Crippen LogP contribution in [0.3, 0.4) is 0 Å². The molecule has 1 amide bonds. The van der Waals surface area contributed by atoms with E-state index in [9.17, 15) is 9.59 Å². The number of carbonyl (C=O) groups excluding carboxylic acids is 2. The van der Waals surface area contributed by atoms with Gasteiger partial charge in [-0.25, -0.2) is 4.98 Å². The lowest BCUT2D eigenvalue weighted by atomic mass is 9.97. The van der Waals surface area contributed by atoms with Crippen LogP contribution < -0.4 is 0 Å². The number of likely N-dealkylation sites (tertiary alicyclic amines) is 1. The number of carbonyl (C=O) groups is 2. The van der Waals surface area contributed by atoms with Crippen molar-refractivity contribution in [1.29, 1.82) is 0 Å². The minimum absolute atomic E-state index is 0.114. The number of rotatable bonds is 2. The summed E-state index contributed by atoms with van der Waals surface area (Å²) in [6, 6.07) is 7.45. The van der Waals surface area contributed by atoms with Crippen LogP contribution in [0.5, 0.6) is 0 Å². The van der Waals surface area contributed by atoms with Crippen molar-refractivity contribution in [2.24, 2.45) is 5.92 Å². The van der Waals surface area contributed by atoms with Gasteiger partial charge in [-0.3, -0.25) is 14.6 Å². The van der Waals surface area contributed by atoms with Crippen molar-refractivity contribution < 1.29 is 14.3 Å². The number of piperidine rings is 1. The Kier molecular flexibility index (Phi) is 4.00. The van der Waals surface area contributed by atoms with Crippen LogP contribution in [0, 0.1) is 5.92 Å². The second-order valence-corrected chi connectivity index (χ2v) is 5.33. The lowest BCUT2D eigenvalue weighted by molar-refractivity contribution is -0.146. The molecule has 1 aliphatic heterocycles. The molecule has 1 saturated heterocycles. The van der Waals surface area contributed by atoms with Crippen LogP contribution >= 0.6 is 0 Å². The highest BCUT2D eigenvalue weighted by molar-refractivity contribution is 5.94. The van der Waals surface area contributed by atoms with Crippen molar-refractivity contribution in [1.82, 2.24) is 14.9 Å². The zero-order valence-corrected chi connectivity index (χ0v) is 12.4. The molecule has 3 rings (SSSR count). The number of amides is 1. The summed E-state index contributed by atoms with van der Waals surface area (Å²) in [4.78, 5) is 34.4. The summed E-state index contributed by atoms with van der Waals surface area (Å²) in [6.07, 6.45) is 2.76. The summed E-state index contributed by atoms with van der Waals surface area (Å²) in [7, 11) is 1.39. The molecular formula is C16H17N3O3. The fraction of sp³-hybridized carbons (Fsp3) is 0.375. The SMILES string of the molecule is COC(=O)C1CCN(C(=O)c2cnc3ccccc3n2)CC1. The highest BCUT2D eigenvalue weighted by atomic mass is 16.5. The maximum Gasteiger partial charge on any atom is 0.308 e. The summed E-state index contributed by atoms with van der Waals surface area (Å²) < 4.78 is 4.75. The van der Waals surface area contributed by atoms with Crippen molar-refractivity contribution in [3.05, 3.63) is 36.2 Å². The lowest BCUT2D eigenvalue weighted by Crippen LogP contribution is -2.40. The summed E-state index contributed by atoms with van der Waals surface area (Å²) in [5, 5.41) is 0. The molecule has 1 aromatic carbocycles. The van der Waals surface area contributed by atoms with Crippen molar-refractivity contribution in [3.63, 3.8) is 0 Å². The van der Waals surface area contributed by atoms with Gasteiger partial charge in [0.05, 0.1) is 30.3 Å². The molecule has 0 bridgehead atoms. The van der Waals surface area contributed by atoms with Crippen LogP contribution in [0.1, 0.15) is 23.3 Å². The number of hydrogen-bond acceptors (Lipinski definition) is 5. The molecule has 2 heterocycles. The van der Waals surface area contributed by atoms with Gasteiger partial charge >= 0.3 is 5.97 Å². The van der Waals surface area contributed by atoms with Crippen molar-refractivity contribution >= 4 is 22.9 Å². The number of hydrogen-bond donors (Lipinski definition) is 0. The highest BCUT2D eigenvalue weighted by Gasteiger charge is 2.28. The van der Waals surface area contributed by atoms with E-state index in [1.165, 1.54) is 13.3 Å². The Morgan fingerprint density at radius 3 is 2.55 bits per heavy atom. The first kappa shape index (κ1) is 14.4. The highest BCUT2D eigenvalue weighted by Crippen LogP contribution is 2.20. The van der Waals surface area contributed by atoms with Crippen molar-refractivity contribution in [2.75, 3.05) is 20.2 Å². The molecule has 0 atom stereocenters. The third kappa shape index (κ3) is 2.77. The van der Waals surface area contributed by atoms with Gasteiger partial charge in [0.25, 0.3) is 5.91 Å². The first-order valence-electron chi connectivity index (χ1n) is 7.28. The van der Waals surface area contributed by atoms with Gasteiger partial charge in [0.15, 0.2) is 0 Å². The zero-order chi connectivity index (χ0) is 15.5. The summed E-state index contributed by atoms with van der Waals surface area (Å²) in [5.74, 6) is -0.448. The standard InChI is InChI=1S/C16H17N3O3/c1-22-16(21)11-6-8-19(9-7-11)15(20)14-10-17-12-4-2-3-5-13(12)18-14/h2-5,10-11H,6-9H2,1H3. The first-order chi connectivity index (χ1) is 10.7. The van der Waals surface area contributed by atoms with Gasteiger partial charge in [0.2, 0.25) is 0 Å². The van der Waals surface area contributed by atoms with Crippen LogP contribution in [0.2, 0.25) is 0 Å². The minimum Gasteiger partial charge on any atom is -0.469 e. The van der Waals surface area contributed by atoms with E-state index in [4.69, 9.17) is 4.74 Å². The molecule has 6 nitrogen and oxygen atoms in total. The minimum atomic E-state index is -0.197. The Morgan fingerprint density at radius 2 is 1.86 bits per heavy atom. The van der Waals surface area contributed by atoms with E-state index >= 15 is 0 Å². The number of esters is 1. The number of ether oxygens (including phenoxy) is 1. The van der Waals surface area contributed by atoms with Gasteiger partial charge in [-0.05, 0) is 25.0 Å². The second kappa shape index (κ2) is 6.09. The van der Waals surface area contributed by atoms with Gasteiger partial charge in [-0.1, -0.05) is 12.1 Å². The molecule has 22 heavy (non-hydrogen) atoms. The van der Waals surface area contributed by atoms with Crippen molar-refractivity contribution in [3.8, 4) is 0 Å². The Hall–Kier alpha value is -2.50. The van der Waals surface area contributed by atoms with Gasteiger partial charge in [0.1, 0.15) is 5.69 Å². The number of nitrogens with zero attached hydrogens (tertiary/aromatic N) is 3. The van der Waals surface area contributed by atoms with E-state index in [-0.39, 0.29) is 17.8 Å². The predicted molar refractivity (Wildman–Crippen MR) is 80.2 cm³/mol. The average molecular weight is 299 g/mol. The first-order valence-corrected chi connectivity index (χ1v) is 7.28. The third-order valence-electron chi connectivity index (χ3n) is 3.98. The number of para-hydroxylation sites is 2. The van der Waals surface area contributed by atoms with E-state index in [0.717, 1.165) is 5.52 Å². The fourth-order valence-corrected chi connectivity index (χ4v) is 2.71. The Bertz CT molecular complexity index is 709. The molecule has 0 aliphatic carbocycles. The molecule has 0 radical (unpaired) electrons. The Labute approximate surface area is 128 Å². The van der Waals surface area contributed by atoms with Crippen LogP contribution in [-0.2, 0) is 9.53 Å². The maximum absolute atomic E-state index is 12.5. The van der Waals surface area contributed by atoms with E-state index < -0.39 is 0 Å². The monoisotopic (exact) mass is 299 g/mol. The average Bonchev–Trinajstić information content (AvgIpc) is 2.60. The van der Waals surface area contributed by atoms with Gasteiger partial charge < -0.3 is 9.64 Å². The number of fused-ring (bicyclic) bond motifs is 1. The topological polar surface area (TPSA) is 72.4 Å². The molecule has 114 valence electrons. The fourth-order valence-electron chi connectivity index (χ4n) is 2.71. The molecule has 1 aromatic heterocycles. The summed E-state index contributed by atoms with van der Waals surface area (Å²) >= 11 is 0. The molecule has 0 saturated carbocycles. The Morgan fingerprint density at radius 1 is 1.18 bits per heavy atom. The maximum atomic E-state index is 12.5. The van der Waals surface area contributed by atoms with E-state index in [1.807, 2.05) is 24.3 Å². The van der Waals surface area contributed by atoms with E-state index in [2.05, 4.69) is 9.97 Å². The molecule has 0 N–H and O–H groups in total. The molecular weight excluding hydrogens is 282 g/mol. The predicted octanol–water partition coefficient (Wildman–Crippen LogP) is 1.66. The molecule has 0 unspecified atom stereocenters. The summed E-state index contributed by atoms with van der Waals surface area (Å²) in [6.45, 7) is 1.07. The van der Waals surface area contributed by atoms with Gasteiger partial charge in [-0.15, -0.1) is 0 Å². The molecule has 1 fully saturated rings. The van der Waals surface area contributed by atoms with E-state index in [0.29, 0.717) is 37.1 Å². The Balaban J connectivity index is 1.72. The van der Waals surface area contributed by atoms with Crippen LogP contribution in [0.4, 0.5) is 0 Å². The molecule has 1 aliphatic rings. The van der Waals surface area contributed by atoms with Gasteiger partial charge in [0, 0.05) is 13.1 Å². The number of methoxy groups -OCH3 is 1. The lowest BCUT2D eigenvalue weighted by Gasteiger charge is -2.30. The molecule has 6 heteroatoms. The zero-order valence-electron chi connectivity index (χ0n) is 12.4. The number of aromatic nitrogens is 2. The smallest absolute Gasteiger partial charge is 0.308 e. The van der Waals surface area contributed by atoms with Crippen LogP contribution in [-0.4, -0.2) is 46.9 Å². The van der Waals surface area contributed by atoms with Crippen LogP contribution in [0.25, 0.3) is 11.0 Å². The van der Waals surface area contributed by atoms with E-state index in [1.54, 1.807) is 4.90 Å². The third-order valence-corrected chi connectivity index (χ3v) is 3.98. The number of benzene rings is 1. The summed E-state index contributed by atoms with van der Waals surface area (Å²) in [5.41, 5.74) is 1.82. The quantitative estimate of drug-likeness (QED) is 0.789. The molecule has 2 aromatic rings. The van der Waals surface area contributed by atoms with Gasteiger partial charge in [-0.2, -0.15) is 0 Å². The van der Waals surface area contributed by atoms with Crippen molar-refractivity contribution in [2.45, 2.75) is 12.8 Å². The normalized spacial score (nSPS) is 15.8.